The van der Waals surface area contributed by atoms with Gasteiger partial charge in [-0.25, -0.2) is 11.4 Å². The van der Waals surface area contributed by atoms with Gasteiger partial charge in [0.15, 0.2) is 5.75 Å². The van der Waals surface area contributed by atoms with E-state index in [2.05, 4.69) is 14.7 Å². The topological polar surface area (TPSA) is 97.7 Å². The maximum atomic E-state index is 12.4. The number of aromatic amines is 1. The predicted molar refractivity (Wildman–Crippen MR) is 103 cm³/mol. The van der Waals surface area contributed by atoms with Gasteiger partial charge in [-0.2, -0.15) is 0 Å². The van der Waals surface area contributed by atoms with Gasteiger partial charge in [-0.3, -0.25) is 14.3 Å². The van der Waals surface area contributed by atoms with E-state index in [9.17, 15) is 9.59 Å². The van der Waals surface area contributed by atoms with E-state index in [1.807, 2.05) is 6.07 Å². The summed E-state index contributed by atoms with van der Waals surface area (Å²) in [4.78, 5) is 32.8. The second-order valence-corrected chi connectivity index (χ2v) is 7.37. The normalized spacial score (nSPS) is 20.6. The average Bonchev–Trinajstić information content (AvgIpc) is 3.35. The Bertz CT molecular complexity index is 1030. The summed E-state index contributed by atoms with van der Waals surface area (Å²) in [5.74, 6) is 0.798. The quantitative estimate of drug-likeness (QED) is 0.770. The van der Waals surface area contributed by atoms with E-state index < -0.39 is 5.56 Å². The zero-order valence-electron chi connectivity index (χ0n) is 15.3. The van der Waals surface area contributed by atoms with Gasteiger partial charge in [-0.15, -0.1) is 0 Å². The molecule has 27 heavy (non-hydrogen) atoms. The van der Waals surface area contributed by atoms with Gasteiger partial charge in [0.05, 0.1) is 24.2 Å². The molecule has 8 heteroatoms. The molecule has 0 bridgehead atoms. The lowest BCUT2D eigenvalue weighted by atomic mass is 10.0. The molecule has 142 valence electrons. The number of methoxy groups -OCH3 is 1. The Hall–Kier alpha value is -2.79. The lowest BCUT2D eigenvalue weighted by Crippen LogP contribution is -2.34. The number of hydrogen-bond acceptors (Lipinski definition) is 5. The molecule has 2 unspecified atom stereocenters. The fraction of sp³-hybridized carbons (Fsp3) is 0.526. The molecule has 1 aromatic heterocycles. The molecule has 1 aliphatic carbocycles. The van der Waals surface area contributed by atoms with Crippen molar-refractivity contribution in [2.75, 3.05) is 31.6 Å². The highest BCUT2D eigenvalue weighted by Gasteiger charge is 2.33. The van der Waals surface area contributed by atoms with Crippen LogP contribution in [-0.2, 0) is 0 Å². The third-order valence-corrected chi connectivity index (χ3v) is 5.62. The van der Waals surface area contributed by atoms with E-state index in [0.29, 0.717) is 23.2 Å². The summed E-state index contributed by atoms with van der Waals surface area (Å²) in [6, 6.07) is 3.60. The molecule has 1 saturated heterocycles. The Balaban J connectivity index is 1.81. The number of nitrogens with one attached hydrogen (secondary N) is 1. The second-order valence-electron chi connectivity index (χ2n) is 7.37. The number of rotatable bonds is 5. The van der Waals surface area contributed by atoms with E-state index in [-0.39, 0.29) is 23.7 Å². The first-order valence-electron chi connectivity index (χ1n) is 9.24. The van der Waals surface area contributed by atoms with Crippen molar-refractivity contribution in [2.45, 2.75) is 31.3 Å². The van der Waals surface area contributed by atoms with Crippen LogP contribution >= 0.6 is 0 Å². The smallest absolute Gasteiger partial charge is 0.329 e. The van der Waals surface area contributed by atoms with Crippen LogP contribution in [0.15, 0.2) is 21.7 Å². The molecule has 2 aliphatic rings. The van der Waals surface area contributed by atoms with Crippen LogP contribution in [0.4, 0.5) is 5.69 Å². The van der Waals surface area contributed by atoms with Crippen LogP contribution in [0.25, 0.3) is 15.7 Å². The predicted octanol–water partition coefficient (Wildman–Crippen LogP) is 1.11. The molecule has 0 amide bonds. The molecule has 2 atom stereocenters. The third kappa shape index (κ3) is 2.98. The first-order chi connectivity index (χ1) is 13.0. The van der Waals surface area contributed by atoms with Crippen molar-refractivity contribution < 1.29 is 4.74 Å². The van der Waals surface area contributed by atoms with Crippen LogP contribution < -0.4 is 26.6 Å². The summed E-state index contributed by atoms with van der Waals surface area (Å²) < 4.78 is 7.37. The highest BCUT2D eigenvalue weighted by atomic mass is 16.5. The van der Waals surface area contributed by atoms with Crippen molar-refractivity contribution in [2.24, 2.45) is 11.7 Å². The van der Waals surface area contributed by atoms with Gasteiger partial charge < -0.3 is 20.2 Å². The second kappa shape index (κ2) is 6.74. The number of anilines is 1. The molecule has 0 spiro atoms. The van der Waals surface area contributed by atoms with Crippen molar-refractivity contribution in [1.29, 1.82) is 0 Å². The lowest BCUT2D eigenvalue weighted by Gasteiger charge is -2.24. The van der Waals surface area contributed by atoms with Crippen LogP contribution in [0.2, 0.25) is 0 Å². The summed E-state index contributed by atoms with van der Waals surface area (Å²) in [5.41, 5.74) is 6.79. The maximum absolute atomic E-state index is 12.4. The standard InChI is InChI=1S/C19H23N5O3/c1-21-9-14(20)11-7-8-23(10-11)15-6-5-13-16(17(15)27-2)24(12-3-4-12)19(26)22-18(13)25/h5-6,11-12,14H,3-4,7-10,20H2,2H3,(H,22,25,26). The van der Waals surface area contributed by atoms with Crippen molar-refractivity contribution >= 4 is 16.6 Å². The molecular weight excluding hydrogens is 346 g/mol. The zero-order valence-corrected chi connectivity index (χ0v) is 15.3. The van der Waals surface area contributed by atoms with Crippen LogP contribution in [0.5, 0.6) is 5.75 Å². The minimum Gasteiger partial charge on any atom is -0.492 e. The lowest BCUT2D eigenvalue weighted by molar-refractivity contribution is 0.416. The third-order valence-electron chi connectivity index (χ3n) is 5.62. The highest BCUT2D eigenvalue weighted by Crippen LogP contribution is 2.42. The summed E-state index contributed by atoms with van der Waals surface area (Å²) in [6.45, 7) is 8.88. The van der Waals surface area contributed by atoms with Crippen molar-refractivity contribution in [3.8, 4) is 5.75 Å². The summed E-state index contributed by atoms with van der Waals surface area (Å²) >= 11 is 0. The number of fused-ring (bicyclic) bond motifs is 1. The average molecular weight is 369 g/mol. The number of benzene rings is 1. The van der Waals surface area contributed by atoms with Crippen LogP contribution in [-0.4, -0.2) is 42.3 Å². The zero-order chi connectivity index (χ0) is 19.1. The fourth-order valence-electron chi connectivity index (χ4n) is 4.05. The maximum Gasteiger partial charge on any atom is 0.329 e. The molecule has 2 fully saturated rings. The Morgan fingerprint density at radius 1 is 1.37 bits per heavy atom. The molecule has 3 N–H and O–H groups in total. The van der Waals surface area contributed by atoms with E-state index in [4.69, 9.17) is 17.0 Å². The molecule has 0 radical (unpaired) electrons. The van der Waals surface area contributed by atoms with Gasteiger partial charge in [-0.05, 0) is 31.4 Å². The van der Waals surface area contributed by atoms with Crippen molar-refractivity contribution in [1.82, 2.24) is 9.55 Å². The van der Waals surface area contributed by atoms with Crippen LogP contribution in [0.1, 0.15) is 25.3 Å². The Labute approximate surface area is 156 Å². The molecule has 1 aromatic carbocycles. The van der Waals surface area contributed by atoms with Crippen molar-refractivity contribution in [3.05, 3.63) is 44.4 Å². The Kier molecular flexibility index (Phi) is 4.40. The Morgan fingerprint density at radius 3 is 2.81 bits per heavy atom. The van der Waals surface area contributed by atoms with Gasteiger partial charge in [0.2, 0.25) is 6.54 Å². The van der Waals surface area contributed by atoms with Gasteiger partial charge >= 0.3 is 5.69 Å². The number of ether oxygens (including phenoxy) is 1. The monoisotopic (exact) mass is 369 g/mol. The largest absolute Gasteiger partial charge is 0.492 e. The summed E-state index contributed by atoms with van der Waals surface area (Å²) in [6.07, 6.45) is 2.75. The summed E-state index contributed by atoms with van der Waals surface area (Å²) in [7, 11) is 1.57. The van der Waals surface area contributed by atoms with Gasteiger partial charge in [0, 0.05) is 25.0 Å². The number of nitrogens with zero attached hydrogens (tertiary/aromatic N) is 3. The molecule has 8 nitrogen and oxygen atoms in total. The first kappa shape index (κ1) is 17.6. The van der Waals surface area contributed by atoms with Gasteiger partial charge in [-0.1, -0.05) is 0 Å². The SMILES string of the molecule is [C-]#[N+]CC(N)C1CCN(c2ccc3c(=O)[nH]c(=O)n(C4CC4)c3c2OC)C1. The van der Waals surface area contributed by atoms with E-state index in [0.717, 1.165) is 38.0 Å². The van der Waals surface area contributed by atoms with Crippen LogP contribution in [0, 0.1) is 12.5 Å². The van der Waals surface area contributed by atoms with E-state index in [1.54, 1.807) is 17.7 Å². The highest BCUT2D eigenvalue weighted by molar-refractivity contribution is 5.90. The Morgan fingerprint density at radius 2 is 2.15 bits per heavy atom. The van der Waals surface area contributed by atoms with Gasteiger partial charge in [0.25, 0.3) is 5.56 Å². The first-order valence-corrected chi connectivity index (χ1v) is 9.24. The van der Waals surface area contributed by atoms with Crippen molar-refractivity contribution in [3.63, 3.8) is 0 Å². The molecular formula is C19H23N5O3. The summed E-state index contributed by atoms with van der Waals surface area (Å²) in [5, 5.41) is 0.461. The molecule has 2 aromatic rings. The minimum absolute atomic E-state index is 0.111. The fourth-order valence-corrected chi connectivity index (χ4v) is 4.05. The van der Waals surface area contributed by atoms with E-state index in [1.165, 1.54) is 0 Å². The minimum atomic E-state index is -0.393. The number of aromatic nitrogens is 2. The molecule has 2 heterocycles. The molecule has 4 rings (SSSR count). The van der Waals surface area contributed by atoms with Crippen LogP contribution in [0.3, 0.4) is 0 Å². The van der Waals surface area contributed by atoms with Gasteiger partial charge in [0.1, 0.15) is 5.52 Å². The number of hydrogen-bond donors (Lipinski definition) is 2. The number of H-pyrrole nitrogens is 1. The number of nitrogens with two attached hydrogens (primary N) is 1. The van der Waals surface area contributed by atoms with E-state index >= 15 is 0 Å². The molecule has 1 aliphatic heterocycles. The molecule has 1 saturated carbocycles.